The van der Waals surface area contributed by atoms with Gasteiger partial charge >= 0.3 is 17.9 Å². The van der Waals surface area contributed by atoms with Crippen molar-refractivity contribution in [3.63, 3.8) is 0 Å². The van der Waals surface area contributed by atoms with Crippen LogP contribution in [0.4, 0.5) is 23.2 Å². The topological polar surface area (TPSA) is 220 Å². The number of carbonyl (C=O) groups is 5. The van der Waals surface area contributed by atoms with E-state index in [-0.39, 0.29) is 75.0 Å². The molecular weight excluding hydrogens is 1510 g/mol. The summed E-state index contributed by atoms with van der Waals surface area (Å²) < 4.78 is 75.0. The fourth-order valence-corrected chi connectivity index (χ4v) is 19.5. The average molecular weight is 1600 g/mol. The lowest BCUT2D eigenvalue weighted by Gasteiger charge is -2.30. The van der Waals surface area contributed by atoms with Gasteiger partial charge in [-0.2, -0.15) is 0 Å². The molecule has 1 aliphatic heterocycles. The number of nitrogen functional groups attached to an aromatic ring is 1. The van der Waals surface area contributed by atoms with Crippen LogP contribution in [0.25, 0.3) is 43.6 Å². The number of aliphatic carboxylic acids is 1. The van der Waals surface area contributed by atoms with Crippen molar-refractivity contribution in [3.05, 3.63) is 243 Å². The third kappa shape index (κ3) is 19.6. The number of benzene rings is 6. The normalized spacial score (nSPS) is 25.3. The van der Waals surface area contributed by atoms with Crippen LogP contribution >= 0.6 is 23.2 Å². The number of carboxylic acid groups (broad SMARTS) is 1. The first-order valence-corrected chi connectivity index (χ1v) is 41.1. The van der Waals surface area contributed by atoms with E-state index >= 15 is 0 Å². The summed E-state index contributed by atoms with van der Waals surface area (Å²) in [6.07, 6.45) is 30.9. The van der Waals surface area contributed by atoms with E-state index in [9.17, 15) is 46.6 Å². The van der Waals surface area contributed by atoms with Crippen LogP contribution in [-0.2, 0) is 49.3 Å². The maximum Gasteiger partial charge on any atom is 0.330 e. The highest BCUT2D eigenvalue weighted by Crippen LogP contribution is 2.66. The summed E-state index contributed by atoms with van der Waals surface area (Å²) >= 11 is 11.5. The average Bonchev–Trinajstić information content (AvgIpc) is 1.59. The number of anilines is 1. The third-order valence-electron chi connectivity index (χ3n) is 26.1. The van der Waals surface area contributed by atoms with E-state index in [2.05, 4.69) is 24.7 Å². The molecule has 1 saturated heterocycles. The van der Waals surface area contributed by atoms with Gasteiger partial charge in [0.2, 0.25) is 0 Å². The Morgan fingerprint density at radius 1 is 0.470 bits per heavy atom. The summed E-state index contributed by atoms with van der Waals surface area (Å²) in [7, 11) is 2.86. The number of halogens is 6. The van der Waals surface area contributed by atoms with E-state index in [0.29, 0.717) is 72.7 Å². The van der Waals surface area contributed by atoms with E-state index < -0.39 is 5.97 Å². The number of fused-ring (bicyclic) bond motifs is 4. The molecule has 3 atom stereocenters. The molecule has 10 aromatic rings. The van der Waals surface area contributed by atoms with E-state index in [4.69, 9.17) is 43.1 Å². The third-order valence-corrected chi connectivity index (χ3v) is 26.6. The number of nitrogens with zero attached hydrogens (tertiary/aromatic N) is 4. The van der Waals surface area contributed by atoms with Crippen LogP contribution < -0.4 is 5.73 Å². The molecule has 9 aliphatic rings. The van der Waals surface area contributed by atoms with Crippen LogP contribution in [0, 0.1) is 57.3 Å². The van der Waals surface area contributed by atoms with E-state index in [1.165, 1.54) is 49.6 Å². The van der Waals surface area contributed by atoms with Crippen molar-refractivity contribution in [3.8, 4) is 0 Å². The zero-order chi connectivity index (χ0) is 80.6. The highest BCUT2D eigenvalue weighted by Gasteiger charge is 2.61. The molecule has 8 saturated carbocycles. The van der Waals surface area contributed by atoms with Crippen LogP contribution in [0.1, 0.15) is 199 Å². The minimum atomic E-state index is -0.644. The quantitative estimate of drug-likeness (QED) is 0.0563. The van der Waals surface area contributed by atoms with Crippen LogP contribution in [0.2, 0.25) is 10.0 Å². The molecule has 4 aromatic heterocycles. The second-order valence-electron chi connectivity index (χ2n) is 32.9. The summed E-state index contributed by atoms with van der Waals surface area (Å²) in [5.74, 6) is 0.213. The summed E-state index contributed by atoms with van der Waals surface area (Å²) in [5.41, 5.74) is 16.8. The maximum absolute atomic E-state index is 13.8. The second-order valence-corrected chi connectivity index (χ2v) is 33.7. The van der Waals surface area contributed by atoms with Crippen LogP contribution in [0.3, 0.4) is 0 Å². The summed E-state index contributed by atoms with van der Waals surface area (Å²) in [6, 6.07) is 41.8. The number of Topliss-reactive ketones (excluding diaryl/α,β-unsaturated/α-hetero) is 2. The molecule has 0 radical (unpaired) electrons. The number of ether oxygens (including phenoxy) is 4. The fraction of sp³-hybridized carbons (Fsp3) is 0.415. The first kappa shape index (κ1) is 82.0. The molecular formula is C94H97Cl2F4N5O10. The van der Waals surface area contributed by atoms with Crippen molar-refractivity contribution in [1.29, 1.82) is 0 Å². The molecule has 600 valence electrons. The summed E-state index contributed by atoms with van der Waals surface area (Å²) in [4.78, 5) is 75.2. The van der Waals surface area contributed by atoms with Crippen molar-refractivity contribution in [2.75, 3.05) is 33.2 Å². The number of esters is 2. The lowest BCUT2D eigenvalue weighted by molar-refractivity contribution is -0.179. The Morgan fingerprint density at radius 3 is 1.19 bits per heavy atom. The standard InChI is InChI=1S/C25H23ClFNO.C19H20FNO2.2C18H18FNO2.C8H12O3.C6H6ClN/c26-18-3-1-16(2-4-18)13-24(29)22-15-25(22)10-7-17(8-11-25)20-9-12-28-23-6-5-19(27)14-21(20)23;1-23-18(22)16-11-19(16)7-4-12(5-8-19)14-6-9-21-17-3-2-13(20)10-15(14)17;19-12-1-2-16-14(9-12)13(5-8-20-16)11-3-6-18(7-4-11)10-15(18)17(21)22;1-22-18(21)10-12-2-4-13(5-3-12)15-8-9-20-17-7-6-14(19)11-16(15)17;9-7-1-3-8(4-2-7)10-5-6-11-8;7-5-1-3-6(8)4-2-5/h1-6,9,12,14,17,22H,7-8,10-11,13,15H2;2-3,6,9-10,12,16H,4-5,7-8,11H2,1H3;1-2,5,8-9,11,15H,3-4,6-7,10H2,(H,21,22);6-11,13H,2-5H2,1H3;1-6H2;1-4H,8H2. The molecule has 0 bridgehead atoms. The first-order chi connectivity index (χ1) is 55.5. The van der Waals surface area contributed by atoms with Crippen molar-refractivity contribution in [2.24, 2.45) is 34.0 Å². The van der Waals surface area contributed by atoms with Gasteiger partial charge in [0.15, 0.2) is 5.79 Å². The predicted octanol–water partition coefficient (Wildman–Crippen LogP) is 21.8. The summed E-state index contributed by atoms with van der Waals surface area (Å²) in [5, 5.41) is 14.2. The van der Waals surface area contributed by atoms with Crippen LogP contribution in [-0.4, -0.2) is 87.7 Å². The smallest absolute Gasteiger partial charge is 0.330 e. The first-order valence-electron chi connectivity index (χ1n) is 40.4. The van der Waals surface area contributed by atoms with Gasteiger partial charge in [0.1, 0.15) is 34.8 Å². The minimum Gasteiger partial charge on any atom is -0.481 e. The van der Waals surface area contributed by atoms with E-state index in [0.717, 1.165) is 211 Å². The van der Waals surface area contributed by atoms with Gasteiger partial charge in [-0.15, -0.1) is 0 Å². The molecule has 3 N–H and O–H groups in total. The SMILES string of the molecule is COC(=O)C1CC12CCC(c1ccnc3ccc(F)cc13)CC2.COC(=O)C=C1CCC(c2ccnc3ccc(F)cc23)CC1.Nc1ccc(Cl)cc1.O=C(Cc1ccc(Cl)cc1)C1CC12CCC(c1ccnc3ccc(F)cc13)CC2.O=C(O)C1CC12CCC(c1ccnc3ccc(F)cc13)CC2.O=C1CCC2(CC1)OCCO2. The van der Waals surface area contributed by atoms with Crippen LogP contribution in [0.5, 0.6) is 0 Å². The zero-order valence-electron chi connectivity index (χ0n) is 64.9. The van der Waals surface area contributed by atoms with Gasteiger partial charge in [-0.05, 0) is 323 Å². The van der Waals surface area contributed by atoms with E-state index in [1.807, 2.05) is 60.9 Å². The second kappa shape index (κ2) is 35.9. The zero-order valence-corrected chi connectivity index (χ0v) is 66.4. The number of ketones is 2. The van der Waals surface area contributed by atoms with Crippen molar-refractivity contribution in [1.82, 2.24) is 19.9 Å². The number of aromatic nitrogens is 4. The highest BCUT2D eigenvalue weighted by molar-refractivity contribution is 6.30. The minimum absolute atomic E-state index is 0.0520. The molecule has 5 heterocycles. The molecule has 3 unspecified atom stereocenters. The van der Waals surface area contributed by atoms with Gasteiger partial charge in [0.25, 0.3) is 0 Å². The largest absolute Gasteiger partial charge is 0.481 e. The Bertz CT molecular complexity index is 5190. The van der Waals surface area contributed by atoms with Gasteiger partial charge in [-0.3, -0.25) is 39.1 Å². The molecule has 9 fully saturated rings. The lowest BCUT2D eigenvalue weighted by atomic mass is 9.74. The van der Waals surface area contributed by atoms with Gasteiger partial charge < -0.3 is 29.8 Å². The molecule has 19 rings (SSSR count). The molecule has 15 nitrogen and oxygen atoms in total. The molecule has 21 heteroatoms. The van der Waals surface area contributed by atoms with Crippen molar-refractivity contribution in [2.45, 2.75) is 184 Å². The fourth-order valence-electron chi connectivity index (χ4n) is 19.2. The molecule has 8 aliphatic carbocycles. The number of hydrogen-bond donors (Lipinski definition) is 2. The molecule has 6 aromatic carbocycles. The Hall–Kier alpha value is -9.53. The van der Waals surface area contributed by atoms with Gasteiger partial charge in [0, 0.05) is 106 Å². The van der Waals surface area contributed by atoms with Crippen LogP contribution in [0.15, 0.2) is 182 Å². The number of carboxylic acids is 1. The number of allylic oxidation sites excluding steroid dienone is 1. The van der Waals surface area contributed by atoms with E-state index in [1.54, 1.807) is 91.3 Å². The van der Waals surface area contributed by atoms with Gasteiger partial charge in [-0.25, -0.2) is 22.4 Å². The summed E-state index contributed by atoms with van der Waals surface area (Å²) in [6.45, 7) is 1.38. The van der Waals surface area contributed by atoms with Gasteiger partial charge in [-0.1, -0.05) is 40.9 Å². The Balaban J connectivity index is 0.000000118. The number of pyridine rings is 4. The van der Waals surface area contributed by atoms with Gasteiger partial charge in [0.05, 0.1) is 61.3 Å². The molecule has 0 amide bonds. The predicted molar refractivity (Wildman–Crippen MR) is 437 cm³/mol. The number of methoxy groups -OCH3 is 2. The number of nitrogens with two attached hydrogens (primary N) is 1. The van der Waals surface area contributed by atoms with Crippen molar-refractivity contribution >= 4 is 102 Å². The monoisotopic (exact) mass is 1600 g/mol. The number of hydrogen-bond acceptors (Lipinski definition) is 14. The maximum atomic E-state index is 13.8. The number of rotatable bonds is 10. The molecule has 4 spiro atoms. The Morgan fingerprint density at radius 2 is 0.826 bits per heavy atom. The molecule has 115 heavy (non-hydrogen) atoms. The highest BCUT2D eigenvalue weighted by atomic mass is 35.5. The Kier molecular flexibility index (Phi) is 25.6. The lowest BCUT2D eigenvalue weighted by Crippen LogP contribution is -2.35. The number of carbonyl (C=O) groups excluding carboxylic acids is 4. The van der Waals surface area contributed by atoms with Crippen molar-refractivity contribution < 1.29 is 65.6 Å². The Labute approximate surface area is 677 Å².